The summed E-state index contributed by atoms with van der Waals surface area (Å²) in [6.07, 6.45) is 3.49. The van der Waals surface area contributed by atoms with Gasteiger partial charge in [0.2, 0.25) is 5.88 Å². The van der Waals surface area contributed by atoms with Crippen molar-refractivity contribution in [1.82, 2.24) is 14.1 Å². The highest BCUT2D eigenvalue weighted by atomic mass is 19.1. The lowest BCUT2D eigenvalue weighted by molar-refractivity contribution is 0.433. The number of ether oxygens (including phenoxy) is 1. The van der Waals surface area contributed by atoms with Crippen molar-refractivity contribution in [3.05, 3.63) is 60.1 Å². The number of nitrogen functional groups attached to an aromatic ring is 1. The molecule has 1 aromatic carbocycles. The maximum Gasteiger partial charge on any atom is 0.224 e. The zero-order valence-electron chi connectivity index (χ0n) is 12.4. The first-order chi connectivity index (χ1) is 11.1. The smallest absolute Gasteiger partial charge is 0.224 e. The van der Waals surface area contributed by atoms with Gasteiger partial charge in [-0.1, -0.05) is 0 Å². The Labute approximate surface area is 132 Å². The Balaban J connectivity index is 1.99. The van der Waals surface area contributed by atoms with Gasteiger partial charge in [-0.15, -0.1) is 0 Å². The minimum Gasteiger partial charge on any atom is -0.439 e. The van der Waals surface area contributed by atoms with Gasteiger partial charge in [-0.3, -0.25) is 4.57 Å². The highest BCUT2D eigenvalue weighted by Crippen LogP contribution is 2.31. The maximum absolute atomic E-state index is 13.0. The zero-order chi connectivity index (χ0) is 16.4. The lowest BCUT2D eigenvalue weighted by atomic mass is 10.3. The van der Waals surface area contributed by atoms with Crippen molar-refractivity contribution < 1.29 is 9.13 Å². The molecule has 0 fully saturated rings. The molecule has 0 bridgehead atoms. The average Bonchev–Trinajstić information content (AvgIpc) is 3.07. The van der Waals surface area contributed by atoms with E-state index in [1.807, 2.05) is 17.8 Å². The number of hydrogen-bond donors (Lipinski definition) is 1. The maximum atomic E-state index is 13.0. The fourth-order valence-corrected chi connectivity index (χ4v) is 2.22. The van der Waals surface area contributed by atoms with Gasteiger partial charge in [0.1, 0.15) is 29.2 Å². The first-order valence-electron chi connectivity index (χ1n) is 6.87. The second-order valence-electron chi connectivity index (χ2n) is 5.00. The molecule has 0 radical (unpaired) electrons. The van der Waals surface area contributed by atoms with Gasteiger partial charge >= 0.3 is 0 Å². The van der Waals surface area contributed by atoms with Crippen LogP contribution in [-0.2, 0) is 13.6 Å². The van der Waals surface area contributed by atoms with Gasteiger partial charge in [-0.05, 0) is 24.3 Å². The summed E-state index contributed by atoms with van der Waals surface area (Å²) < 4.78 is 22.2. The summed E-state index contributed by atoms with van der Waals surface area (Å²) in [7, 11) is 1.86. The van der Waals surface area contributed by atoms with E-state index in [1.54, 1.807) is 16.8 Å². The van der Waals surface area contributed by atoms with E-state index in [4.69, 9.17) is 10.5 Å². The summed E-state index contributed by atoms with van der Waals surface area (Å²) in [6.45, 7) is 0.333. The largest absolute Gasteiger partial charge is 0.439 e. The number of nitrogens with two attached hydrogens (primary N) is 1. The summed E-state index contributed by atoms with van der Waals surface area (Å²) in [4.78, 5) is 4.24. The molecule has 0 aliphatic rings. The molecule has 3 rings (SSSR count). The van der Waals surface area contributed by atoms with Crippen LogP contribution in [-0.4, -0.2) is 14.1 Å². The molecule has 0 atom stereocenters. The van der Waals surface area contributed by atoms with Gasteiger partial charge in [-0.2, -0.15) is 5.26 Å². The summed E-state index contributed by atoms with van der Waals surface area (Å²) in [5.41, 5.74) is 6.66. The van der Waals surface area contributed by atoms with E-state index < -0.39 is 0 Å². The summed E-state index contributed by atoms with van der Waals surface area (Å²) >= 11 is 0. The first kappa shape index (κ1) is 14.7. The topological polar surface area (TPSA) is 81.8 Å². The number of rotatable bonds is 4. The number of aryl methyl sites for hydroxylation is 1. The van der Waals surface area contributed by atoms with Crippen LogP contribution in [0.1, 0.15) is 11.5 Å². The van der Waals surface area contributed by atoms with Crippen LogP contribution in [0.4, 0.5) is 10.1 Å². The molecule has 3 aromatic rings. The summed E-state index contributed by atoms with van der Waals surface area (Å²) in [5.74, 6) is 1.16. The third-order valence-corrected chi connectivity index (χ3v) is 3.44. The van der Waals surface area contributed by atoms with E-state index in [0.717, 1.165) is 5.82 Å². The molecular weight excluding hydrogens is 297 g/mol. The Morgan fingerprint density at radius 2 is 2.09 bits per heavy atom. The molecular formula is C16H14FN5O. The highest BCUT2D eigenvalue weighted by molar-refractivity contribution is 5.56. The number of halogens is 1. The van der Waals surface area contributed by atoms with Gasteiger partial charge in [0, 0.05) is 25.5 Å². The Hall–Kier alpha value is -3.27. The number of anilines is 1. The second kappa shape index (κ2) is 5.85. The molecule has 2 N–H and O–H groups in total. The van der Waals surface area contributed by atoms with E-state index in [0.29, 0.717) is 29.6 Å². The van der Waals surface area contributed by atoms with Crippen LogP contribution in [0.3, 0.4) is 0 Å². The summed E-state index contributed by atoms with van der Waals surface area (Å²) in [5, 5.41) is 9.30. The van der Waals surface area contributed by atoms with Crippen molar-refractivity contribution in [3.8, 4) is 17.7 Å². The molecule has 2 aromatic heterocycles. The summed E-state index contributed by atoms with van der Waals surface area (Å²) in [6, 6.07) is 9.22. The lowest BCUT2D eigenvalue weighted by Crippen LogP contribution is -2.09. The molecule has 0 saturated heterocycles. The van der Waals surface area contributed by atoms with Gasteiger partial charge < -0.3 is 15.0 Å². The molecule has 0 spiro atoms. The number of nitrogens with zero attached hydrogens (tertiary/aromatic N) is 4. The third-order valence-electron chi connectivity index (χ3n) is 3.44. The van der Waals surface area contributed by atoms with Crippen LogP contribution in [0.5, 0.6) is 11.6 Å². The highest BCUT2D eigenvalue weighted by Gasteiger charge is 2.17. The van der Waals surface area contributed by atoms with Gasteiger partial charge in [0.05, 0.1) is 12.2 Å². The third kappa shape index (κ3) is 2.87. The molecule has 0 aliphatic carbocycles. The molecule has 0 aliphatic heterocycles. The molecule has 116 valence electrons. The van der Waals surface area contributed by atoms with E-state index >= 15 is 0 Å². The molecule has 0 amide bonds. The molecule has 6 nitrogen and oxygen atoms in total. The van der Waals surface area contributed by atoms with Gasteiger partial charge in [0.25, 0.3) is 0 Å². The zero-order valence-corrected chi connectivity index (χ0v) is 12.4. The molecule has 0 saturated carbocycles. The number of nitriles is 1. The van der Waals surface area contributed by atoms with E-state index in [1.165, 1.54) is 24.3 Å². The average molecular weight is 311 g/mol. The molecule has 2 heterocycles. The van der Waals surface area contributed by atoms with Crippen LogP contribution >= 0.6 is 0 Å². The minimum atomic E-state index is -0.355. The van der Waals surface area contributed by atoms with Crippen molar-refractivity contribution in [2.75, 3.05) is 5.73 Å². The SMILES string of the molecule is Cn1ccnc1Cn1c(C#N)cc(N)c1Oc1ccc(F)cc1. The minimum absolute atomic E-state index is 0.330. The van der Waals surface area contributed by atoms with E-state index in [-0.39, 0.29) is 5.82 Å². The number of aromatic nitrogens is 3. The Morgan fingerprint density at radius 3 is 2.70 bits per heavy atom. The predicted octanol–water partition coefficient (Wildman–Crippen LogP) is 2.66. The fourth-order valence-electron chi connectivity index (χ4n) is 2.22. The monoisotopic (exact) mass is 311 g/mol. The van der Waals surface area contributed by atoms with Crippen LogP contribution in [0.15, 0.2) is 42.7 Å². The number of benzene rings is 1. The van der Waals surface area contributed by atoms with Crippen molar-refractivity contribution in [1.29, 1.82) is 5.26 Å². The molecule has 23 heavy (non-hydrogen) atoms. The van der Waals surface area contributed by atoms with Crippen LogP contribution in [0.25, 0.3) is 0 Å². The lowest BCUT2D eigenvalue weighted by Gasteiger charge is -2.12. The number of imidazole rings is 1. The van der Waals surface area contributed by atoms with E-state index in [9.17, 15) is 9.65 Å². The number of hydrogen-bond acceptors (Lipinski definition) is 4. The van der Waals surface area contributed by atoms with Crippen molar-refractivity contribution in [2.24, 2.45) is 7.05 Å². The standard InChI is InChI=1S/C16H14FN5O/c1-21-7-6-20-15(21)10-22-12(9-18)8-14(19)16(22)23-13-4-2-11(17)3-5-13/h2-8H,10,19H2,1H3. The van der Waals surface area contributed by atoms with Crippen LogP contribution in [0, 0.1) is 17.1 Å². The normalized spacial score (nSPS) is 10.5. The molecule has 7 heteroatoms. The Kier molecular flexibility index (Phi) is 3.73. The van der Waals surface area contributed by atoms with Crippen LogP contribution in [0.2, 0.25) is 0 Å². The second-order valence-corrected chi connectivity index (χ2v) is 5.00. The van der Waals surface area contributed by atoms with Crippen LogP contribution < -0.4 is 10.5 Å². The predicted molar refractivity (Wildman–Crippen MR) is 82.3 cm³/mol. The Bertz CT molecular complexity index is 873. The fraction of sp³-hybridized carbons (Fsp3) is 0.125. The Morgan fingerprint density at radius 1 is 1.35 bits per heavy atom. The van der Waals surface area contributed by atoms with E-state index in [2.05, 4.69) is 11.1 Å². The quantitative estimate of drug-likeness (QED) is 0.803. The van der Waals surface area contributed by atoms with Gasteiger partial charge in [-0.25, -0.2) is 9.37 Å². The molecule has 0 unspecified atom stereocenters. The van der Waals surface area contributed by atoms with Crippen molar-refractivity contribution >= 4 is 5.69 Å². The van der Waals surface area contributed by atoms with Crippen molar-refractivity contribution in [2.45, 2.75) is 6.54 Å². The first-order valence-corrected chi connectivity index (χ1v) is 6.87. The van der Waals surface area contributed by atoms with Gasteiger partial charge in [0.15, 0.2) is 0 Å². The van der Waals surface area contributed by atoms with Crippen molar-refractivity contribution in [3.63, 3.8) is 0 Å².